The fourth-order valence-corrected chi connectivity index (χ4v) is 5.74. The summed E-state index contributed by atoms with van der Waals surface area (Å²) in [6.45, 7) is 4.38. The number of hydrogen-bond acceptors (Lipinski definition) is 4. The Morgan fingerprint density at radius 2 is 2.00 bits per heavy atom. The normalized spacial score (nSPS) is 29.3. The molecule has 0 amide bonds. The summed E-state index contributed by atoms with van der Waals surface area (Å²) in [7, 11) is -3.63. The minimum atomic E-state index is -3.63. The lowest BCUT2D eigenvalue weighted by molar-refractivity contribution is -0.0444. The Morgan fingerprint density at radius 3 is 2.70 bits per heavy atom. The minimum Gasteiger partial charge on any atom is -0.373 e. The van der Waals surface area contributed by atoms with Crippen LogP contribution in [0.15, 0.2) is 23.1 Å². The van der Waals surface area contributed by atoms with Crippen LogP contribution >= 0.6 is 11.8 Å². The van der Waals surface area contributed by atoms with Crippen molar-refractivity contribution in [2.45, 2.75) is 43.4 Å². The van der Waals surface area contributed by atoms with Crippen molar-refractivity contribution in [2.75, 3.05) is 18.8 Å². The second kappa shape index (κ2) is 6.68. The maximum Gasteiger partial charge on any atom is 0.280 e. The van der Waals surface area contributed by atoms with E-state index in [1.54, 1.807) is 17.8 Å². The van der Waals surface area contributed by atoms with Gasteiger partial charge in [0, 0.05) is 24.0 Å². The van der Waals surface area contributed by atoms with Crippen molar-refractivity contribution in [3.8, 4) is 0 Å². The van der Waals surface area contributed by atoms with Crippen molar-refractivity contribution in [3.63, 3.8) is 0 Å². The molecule has 2 aliphatic rings. The van der Waals surface area contributed by atoms with Crippen LogP contribution in [0, 0.1) is 5.82 Å². The average Bonchev–Trinajstić information content (AvgIpc) is 2.46. The van der Waals surface area contributed by atoms with Gasteiger partial charge >= 0.3 is 0 Å². The number of halogens is 1. The molecule has 3 unspecified atom stereocenters. The molecule has 1 N–H and O–H groups in total. The zero-order valence-corrected chi connectivity index (χ0v) is 14.8. The fourth-order valence-electron chi connectivity index (χ4n) is 3.07. The van der Waals surface area contributed by atoms with Crippen LogP contribution < -0.4 is 4.72 Å². The molecule has 0 radical (unpaired) electrons. The lowest BCUT2D eigenvalue weighted by Crippen LogP contribution is -2.52. The maximum atomic E-state index is 13.5. The second-order valence-electron chi connectivity index (χ2n) is 6.07. The first-order chi connectivity index (χ1) is 10.8. The van der Waals surface area contributed by atoms with E-state index >= 15 is 0 Å². The molecule has 2 aliphatic heterocycles. The molecule has 3 atom stereocenters. The largest absolute Gasteiger partial charge is 0.373 e. The van der Waals surface area contributed by atoms with Gasteiger partial charge < -0.3 is 4.74 Å². The molecule has 3 rings (SSSR count). The SMILES string of the molecule is CC1CN(S(=O)(=O)NC2CCSc3ccc(F)cc32)CC(C)O1. The Morgan fingerprint density at radius 1 is 1.30 bits per heavy atom. The maximum absolute atomic E-state index is 13.5. The Balaban J connectivity index is 1.80. The topological polar surface area (TPSA) is 58.6 Å². The van der Waals surface area contributed by atoms with Crippen molar-refractivity contribution in [3.05, 3.63) is 29.6 Å². The molecule has 8 heteroatoms. The zero-order valence-electron chi connectivity index (χ0n) is 13.2. The van der Waals surface area contributed by atoms with Crippen molar-refractivity contribution >= 4 is 22.0 Å². The van der Waals surface area contributed by atoms with Gasteiger partial charge in [-0.1, -0.05) is 0 Å². The van der Waals surface area contributed by atoms with Crippen molar-refractivity contribution in [2.24, 2.45) is 0 Å². The number of morpholine rings is 1. The molecule has 23 heavy (non-hydrogen) atoms. The standard InChI is InChI=1S/C15H21FN2O3S2/c1-10-8-18(9-11(2)21-10)23(19,20)17-14-5-6-22-15-4-3-12(16)7-13(14)15/h3-4,7,10-11,14,17H,5-6,8-9H2,1-2H3. The van der Waals surface area contributed by atoms with Crippen molar-refractivity contribution in [1.82, 2.24) is 9.03 Å². The summed E-state index contributed by atoms with van der Waals surface area (Å²) in [5, 5.41) is 0. The Bertz CT molecular complexity index is 673. The number of nitrogens with one attached hydrogen (secondary N) is 1. The van der Waals surface area contributed by atoms with E-state index in [9.17, 15) is 12.8 Å². The van der Waals surface area contributed by atoms with E-state index in [2.05, 4.69) is 4.72 Å². The van der Waals surface area contributed by atoms with Crippen LogP contribution in [0.3, 0.4) is 0 Å². The molecule has 0 spiro atoms. The number of hydrogen-bond donors (Lipinski definition) is 1. The van der Waals surface area contributed by atoms with Gasteiger partial charge in [0.25, 0.3) is 10.2 Å². The Kier molecular flexibility index (Phi) is 4.98. The molecule has 0 aliphatic carbocycles. The molecule has 0 aromatic heterocycles. The molecule has 1 saturated heterocycles. The van der Waals surface area contributed by atoms with Crippen molar-refractivity contribution in [1.29, 1.82) is 0 Å². The van der Waals surface area contributed by atoms with Crippen LogP contribution in [0.5, 0.6) is 0 Å². The summed E-state index contributed by atoms with van der Waals surface area (Å²) in [4.78, 5) is 0.939. The average molecular weight is 360 g/mol. The first-order valence-electron chi connectivity index (χ1n) is 7.70. The molecule has 1 fully saturated rings. The molecular formula is C15H21FN2O3S2. The van der Waals surface area contributed by atoms with Crippen LogP contribution in [0.25, 0.3) is 0 Å². The molecule has 5 nitrogen and oxygen atoms in total. The van der Waals surface area contributed by atoms with E-state index < -0.39 is 10.2 Å². The molecule has 0 bridgehead atoms. The zero-order chi connectivity index (χ0) is 16.6. The van der Waals surface area contributed by atoms with E-state index in [4.69, 9.17) is 4.74 Å². The smallest absolute Gasteiger partial charge is 0.280 e. The first-order valence-corrected chi connectivity index (χ1v) is 10.1. The Hall–Kier alpha value is -0.670. The van der Waals surface area contributed by atoms with E-state index in [0.29, 0.717) is 19.5 Å². The fraction of sp³-hybridized carbons (Fsp3) is 0.600. The van der Waals surface area contributed by atoms with Gasteiger partial charge in [-0.15, -0.1) is 11.8 Å². The molecule has 2 heterocycles. The van der Waals surface area contributed by atoms with Crippen LogP contribution in [-0.2, 0) is 14.9 Å². The number of ether oxygens (including phenoxy) is 1. The van der Waals surface area contributed by atoms with Gasteiger partial charge in [0.2, 0.25) is 0 Å². The predicted molar refractivity (Wildman–Crippen MR) is 88.1 cm³/mol. The third-order valence-corrected chi connectivity index (χ3v) is 6.71. The number of nitrogens with zero attached hydrogens (tertiary/aromatic N) is 1. The third-order valence-electron chi connectivity index (χ3n) is 4.03. The molecular weight excluding hydrogens is 339 g/mol. The van der Waals surface area contributed by atoms with Crippen molar-refractivity contribution < 1.29 is 17.5 Å². The van der Waals surface area contributed by atoms with E-state index in [1.807, 2.05) is 13.8 Å². The quantitative estimate of drug-likeness (QED) is 0.899. The highest BCUT2D eigenvalue weighted by atomic mass is 32.2. The summed E-state index contributed by atoms with van der Waals surface area (Å²) in [5.74, 6) is 0.464. The Labute approximate surface area is 140 Å². The number of fused-ring (bicyclic) bond motifs is 1. The summed E-state index contributed by atoms with van der Waals surface area (Å²) in [6.07, 6.45) is 0.374. The monoisotopic (exact) mass is 360 g/mol. The summed E-state index contributed by atoms with van der Waals surface area (Å²) in [5.41, 5.74) is 0.721. The highest BCUT2D eigenvalue weighted by Gasteiger charge is 2.34. The van der Waals surface area contributed by atoms with Gasteiger partial charge in [0.1, 0.15) is 5.82 Å². The number of thioether (sulfide) groups is 1. The van der Waals surface area contributed by atoms with Crippen LogP contribution in [0.1, 0.15) is 31.9 Å². The highest BCUT2D eigenvalue weighted by Crippen LogP contribution is 2.37. The number of benzene rings is 1. The predicted octanol–water partition coefficient (Wildman–Crippen LogP) is 2.31. The lowest BCUT2D eigenvalue weighted by Gasteiger charge is -2.36. The van der Waals surface area contributed by atoms with Gasteiger partial charge in [-0.25, -0.2) is 4.39 Å². The van der Waals surface area contributed by atoms with Gasteiger partial charge in [-0.2, -0.15) is 17.4 Å². The van der Waals surface area contributed by atoms with Crippen LogP contribution in [-0.4, -0.2) is 43.8 Å². The lowest BCUT2D eigenvalue weighted by atomic mass is 10.0. The molecule has 0 saturated carbocycles. The van der Waals surface area contributed by atoms with Gasteiger partial charge in [0.05, 0.1) is 12.2 Å². The summed E-state index contributed by atoms with van der Waals surface area (Å²) in [6, 6.07) is 4.17. The van der Waals surface area contributed by atoms with Gasteiger partial charge in [-0.3, -0.25) is 0 Å². The van der Waals surface area contributed by atoms with Gasteiger partial charge in [0.15, 0.2) is 0 Å². The summed E-state index contributed by atoms with van der Waals surface area (Å²) < 4.78 is 48.7. The van der Waals surface area contributed by atoms with Gasteiger partial charge in [-0.05, 0) is 49.8 Å². The van der Waals surface area contributed by atoms with E-state index in [1.165, 1.54) is 16.4 Å². The molecule has 128 valence electrons. The summed E-state index contributed by atoms with van der Waals surface area (Å²) >= 11 is 1.63. The highest BCUT2D eigenvalue weighted by molar-refractivity contribution is 7.99. The van der Waals surface area contributed by atoms with E-state index in [0.717, 1.165) is 16.2 Å². The van der Waals surface area contributed by atoms with Crippen LogP contribution in [0.4, 0.5) is 4.39 Å². The minimum absolute atomic E-state index is 0.137. The third kappa shape index (κ3) is 3.88. The second-order valence-corrected chi connectivity index (χ2v) is 8.91. The first kappa shape index (κ1) is 17.2. The number of rotatable bonds is 3. The van der Waals surface area contributed by atoms with Crippen LogP contribution in [0.2, 0.25) is 0 Å². The van der Waals surface area contributed by atoms with E-state index in [-0.39, 0.29) is 24.1 Å². The molecule has 1 aromatic rings. The molecule has 1 aromatic carbocycles.